The van der Waals surface area contributed by atoms with E-state index < -0.39 is 23.2 Å². The normalized spacial score (nSPS) is 12.3. The number of aromatic nitrogens is 6. The summed E-state index contributed by atoms with van der Waals surface area (Å²) in [5, 5.41) is 8.19. The Morgan fingerprint density at radius 2 is 1.81 bits per heavy atom. The van der Waals surface area contributed by atoms with E-state index in [0.717, 1.165) is 21.3 Å². The fraction of sp³-hybridized carbons (Fsp3) is 0.276. The molecule has 11 nitrogen and oxygen atoms in total. The third-order valence-corrected chi connectivity index (χ3v) is 6.64. The molecule has 0 fully saturated rings. The molecule has 5 aromatic rings. The second kappa shape index (κ2) is 12.1. The molecule has 0 amide bonds. The van der Waals surface area contributed by atoms with Crippen LogP contribution in [0.25, 0.3) is 34.5 Å². The highest BCUT2D eigenvalue weighted by Gasteiger charge is 2.35. The number of rotatable bonds is 10. The number of hydroxylamine groups is 1. The van der Waals surface area contributed by atoms with Crippen LogP contribution in [0.3, 0.4) is 0 Å². The van der Waals surface area contributed by atoms with Crippen molar-refractivity contribution in [3.8, 4) is 22.5 Å². The van der Waals surface area contributed by atoms with Crippen molar-refractivity contribution in [2.24, 2.45) is 0 Å². The first-order valence-electron chi connectivity index (χ1n) is 13.5. The quantitative estimate of drug-likeness (QED) is 0.223. The van der Waals surface area contributed by atoms with Crippen molar-refractivity contribution in [2.45, 2.75) is 46.2 Å². The molecule has 0 bridgehead atoms. The van der Waals surface area contributed by atoms with E-state index in [9.17, 15) is 22.8 Å². The second-order valence-electron chi connectivity index (χ2n) is 9.66. The Hall–Kier alpha value is -4.98. The average molecular weight is 596 g/mol. The smallest absolute Gasteiger partial charge is 0.296 e. The molecule has 0 atom stereocenters. The molecule has 0 aliphatic carbocycles. The van der Waals surface area contributed by atoms with Crippen molar-refractivity contribution >= 4 is 12.0 Å². The molecule has 0 unspecified atom stereocenters. The molecule has 0 saturated heterocycles. The molecule has 43 heavy (non-hydrogen) atoms. The van der Waals surface area contributed by atoms with Gasteiger partial charge in [0, 0.05) is 23.7 Å². The monoisotopic (exact) mass is 595 g/mol. The number of H-pyrrole nitrogens is 1. The van der Waals surface area contributed by atoms with E-state index in [-0.39, 0.29) is 24.6 Å². The number of hydrogen-bond acceptors (Lipinski definition) is 8. The largest absolute Gasteiger partial charge is 0.439 e. The van der Waals surface area contributed by atoms with E-state index in [1.165, 1.54) is 11.4 Å². The lowest BCUT2D eigenvalue weighted by molar-refractivity contribution is -0.114. The van der Waals surface area contributed by atoms with Crippen LogP contribution in [0.5, 0.6) is 0 Å². The van der Waals surface area contributed by atoms with Crippen LogP contribution in [0.15, 0.2) is 68.3 Å². The summed E-state index contributed by atoms with van der Waals surface area (Å²) in [5.41, 5.74) is 3.87. The van der Waals surface area contributed by atoms with Gasteiger partial charge >= 0.3 is 11.9 Å². The zero-order chi connectivity index (χ0) is 30.7. The average Bonchev–Trinajstić information content (AvgIpc) is 3.59. The molecule has 3 heterocycles. The molecule has 0 saturated carbocycles. The maximum absolute atomic E-state index is 13.9. The first-order valence-corrected chi connectivity index (χ1v) is 13.5. The Labute approximate surface area is 242 Å². The Balaban J connectivity index is 1.60. The minimum Gasteiger partial charge on any atom is -0.296 e. The molecule has 5 rings (SSSR count). The number of nitrogens with one attached hydrogen (secondary N) is 2. The second-order valence-corrected chi connectivity index (χ2v) is 9.66. The number of hydrogen-bond donors (Lipinski definition) is 2. The van der Waals surface area contributed by atoms with Gasteiger partial charge < -0.3 is 0 Å². The van der Waals surface area contributed by atoms with E-state index in [1.54, 1.807) is 13.0 Å². The molecule has 0 aliphatic rings. The number of aromatic amines is 1. The van der Waals surface area contributed by atoms with E-state index in [2.05, 4.69) is 24.7 Å². The van der Waals surface area contributed by atoms with Crippen molar-refractivity contribution in [1.29, 1.82) is 0 Å². The summed E-state index contributed by atoms with van der Waals surface area (Å²) < 4.78 is 48.4. The van der Waals surface area contributed by atoms with Crippen LogP contribution in [0.4, 0.5) is 13.2 Å². The highest BCUT2D eigenvalue weighted by Crippen LogP contribution is 2.30. The number of halogens is 3. The predicted octanol–water partition coefficient (Wildman–Crippen LogP) is 4.65. The van der Waals surface area contributed by atoms with Gasteiger partial charge in [0.1, 0.15) is 5.82 Å². The summed E-state index contributed by atoms with van der Waals surface area (Å²) in [6.45, 7) is 5.05. The summed E-state index contributed by atoms with van der Waals surface area (Å²) in [6.07, 6.45) is -2.92. The van der Waals surface area contributed by atoms with Gasteiger partial charge in [0.2, 0.25) is 5.78 Å². The number of nitrogens with zero attached hydrogens (tertiary/aromatic N) is 5. The van der Waals surface area contributed by atoms with Crippen LogP contribution in [0.2, 0.25) is 0 Å². The van der Waals surface area contributed by atoms with E-state index in [4.69, 9.17) is 4.84 Å². The maximum Gasteiger partial charge on any atom is 0.439 e. The van der Waals surface area contributed by atoms with Crippen molar-refractivity contribution < 1.29 is 22.5 Å². The van der Waals surface area contributed by atoms with E-state index in [0.29, 0.717) is 41.7 Å². The van der Waals surface area contributed by atoms with Crippen LogP contribution < -0.4 is 16.8 Å². The third kappa shape index (κ3) is 6.14. The molecule has 0 spiro atoms. The van der Waals surface area contributed by atoms with Gasteiger partial charge in [-0.3, -0.25) is 24.6 Å². The van der Waals surface area contributed by atoms with E-state index >= 15 is 0 Å². The Kier molecular flexibility index (Phi) is 8.30. The fourth-order valence-corrected chi connectivity index (χ4v) is 4.75. The van der Waals surface area contributed by atoms with Crippen molar-refractivity contribution in [3.63, 3.8) is 0 Å². The summed E-state index contributed by atoms with van der Waals surface area (Å²) >= 11 is 0. The third-order valence-electron chi connectivity index (χ3n) is 6.64. The van der Waals surface area contributed by atoms with Crippen LogP contribution >= 0.6 is 0 Å². The molecule has 2 aromatic carbocycles. The maximum atomic E-state index is 13.9. The molecular formula is C29H28F3N7O4. The van der Waals surface area contributed by atoms with Gasteiger partial charge in [0.25, 0.3) is 5.56 Å². The van der Waals surface area contributed by atoms with Crippen LogP contribution in [-0.2, 0) is 17.7 Å². The Morgan fingerprint density at radius 3 is 2.44 bits per heavy atom. The SMILES string of the molecule is CCCc1c(Cc2ccc(-c3ccccc3-c3noc(=O)[nH]3)cc2)c(=O)n(C=C(NOCC)C(F)(F)F)c2nc(C)nn12. The van der Waals surface area contributed by atoms with Gasteiger partial charge in [-0.2, -0.15) is 23.3 Å². The number of fused-ring (bicyclic) bond motifs is 1. The van der Waals surface area contributed by atoms with Crippen molar-refractivity contribution in [3.05, 3.63) is 97.8 Å². The van der Waals surface area contributed by atoms with Crippen LogP contribution in [-0.4, -0.2) is 42.1 Å². The molecule has 14 heteroatoms. The predicted molar refractivity (Wildman–Crippen MR) is 152 cm³/mol. The van der Waals surface area contributed by atoms with Gasteiger partial charge in [-0.15, -0.1) is 0 Å². The van der Waals surface area contributed by atoms with Gasteiger partial charge in [0.05, 0.1) is 12.3 Å². The van der Waals surface area contributed by atoms with Crippen molar-refractivity contribution in [1.82, 2.24) is 34.8 Å². The number of aryl methyl sites for hydroxylation is 2. The van der Waals surface area contributed by atoms with E-state index in [1.807, 2.05) is 54.9 Å². The van der Waals surface area contributed by atoms with Crippen LogP contribution in [0.1, 0.15) is 42.9 Å². The summed E-state index contributed by atoms with van der Waals surface area (Å²) in [7, 11) is 0. The molecular weight excluding hydrogens is 567 g/mol. The summed E-state index contributed by atoms with van der Waals surface area (Å²) in [4.78, 5) is 37.0. The standard InChI is InChI=1S/C29H28F3N7O4/c1-4-8-23-22(26(40)38(27-33-17(3)35-39(23)27)16-24(29(30,31)32)36-42-5-2)15-18-11-13-19(14-12-18)20-9-6-7-10-21(20)25-34-28(41)43-37-25/h6-7,9-14,16,36H,4-5,8,15H2,1-3H3,(H,34,37,41). The van der Waals surface area contributed by atoms with Crippen LogP contribution in [0, 0.1) is 6.92 Å². The number of allylic oxidation sites excluding steroid dienone is 1. The molecule has 2 N–H and O–H groups in total. The topological polar surface area (TPSA) is 132 Å². The highest BCUT2D eigenvalue weighted by molar-refractivity contribution is 5.80. The first-order chi connectivity index (χ1) is 20.6. The minimum atomic E-state index is -4.83. The fourth-order valence-electron chi connectivity index (χ4n) is 4.75. The van der Waals surface area contributed by atoms with Gasteiger partial charge in [-0.05, 0) is 37.0 Å². The highest BCUT2D eigenvalue weighted by atomic mass is 19.4. The van der Waals surface area contributed by atoms with Gasteiger partial charge in [-0.1, -0.05) is 67.0 Å². The number of benzene rings is 2. The lowest BCUT2D eigenvalue weighted by Gasteiger charge is -2.16. The zero-order valence-corrected chi connectivity index (χ0v) is 23.5. The molecule has 224 valence electrons. The van der Waals surface area contributed by atoms with Gasteiger partial charge in [0.15, 0.2) is 11.5 Å². The lowest BCUT2D eigenvalue weighted by Crippen LogP contribution is -2.31. The molecule has 3 aromatic heterocycles. The zero-order valence-electron chi connectivity index (χ0n) is 23.5. The number of alkyl halides is 3. The van der Waals surface area contributed by atoms with Crippen molar-refractivity contribution in [2.75, 3.05) is 6.61 Å². The van der Waals surface area contributed by atoms with Gasteiger partial charge in [-0.25, -0.2) is 13.9 Å². The summed E-state index contributed by atoms with van der Waals surface area (Å²) in [6, 6.07) is 14.7. The Morgan fingerprint density at radius 1 is 1.09 bits per heavy atom. The first kappa shape index (κ1) is 29.5. The lowest BCUT2D eigenvalue weighted by atomic mass is 9.96. The summed E-state index contributed by atoms with van der Waals surface area (Å²) in [5.74, 6) is -0.110. The Bertz CT molecular complexity index is 1900. The molecule has 0 aliphatic heterocycles. The molecule has 0 radical (unpaired) electrons. The minimum absolute atomic E-state index is 0.0283.